The summed E-state index contributed by atoms with van der Waals surface area (Å²) < 4.78 is 0. The third-order valence-electron chi connectivity index (χ3n) is 3.23. The van der Waals surface area contributed by atoms with Gasteiger partial charge in [0.15, 0.2) is 0 Å². The van der Waals surface area contributed by atoms with Crippen molar-refractivity contribution in [2.75, 3.05) is 5.75 Å². The van der Waals surface area contributed by atoms with Crippen molar-refractivity contribution >= 4 is 30.3 Å². The fraction of sp³-hybridized carbons (Fsp3) is 0.500. The monoisotopic (exact) mass is 281 g/mol. The number of benzene rings is 1. The van der Waals surface area contributed by atoms with E-state index in [2.05, 4.69) is 24.9 Å². The van der Waals surface area contributed by atoms with Crippen LogP contribution in [0, 0.1) is 0 Å². The number of hydrogen-bond acceptors (Lipinski definition) is 3. The fourth-order valence-electron chi connectivity index (χ4n) is 2.37. The van der Waals surface area contributed by atoms with Crippen LogP contribution in [-0.2, 0) is 0 Å². The summed E-state index contributed by atoms with van der Waals surface area (Å²) in [7, 11) is 0. The summed E-state index contributed by atoms with van der Waals surface area (Å²) in [4.78, 5) is 12.9. The first-order valence-electron chi connectivity index (χ1n) is 6.40. The molecule has 98 valence electrons. The van der Waals surface area contributed by atoms with Crippen LogP contribution in [0.2, 0.25) is 0 Å². The van der Waals surface area contributed by atoms with Crippen molar-refractivity contribution in [1.82, 2.24) is 5.32 Å². The number of carbonyl (C=O) groups is 1. The van der Waals surface area contributed by atoms with Gasteiger partial charge in [0.05, 0.1) is 0 Å². The van der Waals surface area contributed by atoms with Gasteiger partial charge in [0, 0.05) is 21.8 Å². The molecule has 1 saturated carbocycles. The molecule has 1 aliphatic rings. The Balaban J connectivity index is 1.89. The predicted octanol–water partition coefficient (Wildman–Crippen LogP) is 3.38. The van der Waals surface area contributed by atoms with Crippen LogP contribution in [-0.4, -0.2) is 23.0 Å². The second-order valence-electron chi connectivity index (χ2n) is 4.61. The lowest BCUT2D eigenvalue weighted by atomic mass is 10.2. The van der Waals surface area contributed by atoms with Crippen LogP contribution in [0.5, 0.6) is 0 Å². The Hall–Kier alpha value is -0.610. The Morgan fingerprint density at radius 1 is 1.50 bits per heavy atom. The number of thiol groups is 1. The van der Waals surface area contributed by atoms with Gasteiger partial charge in [-0.2, -0.15) is 11.8 Å². The molecule has 2 unspecified atom stereocenters. The van der Waals surface area contributed by atoms with Crippen LogP contribution in [0.3, 0.4) is 0 Å². The summed E-state index contributed by atoms with van der Waals surface area (Å²) in [6.07, 6.45) is 3.42. The van der Waals surface area contributed by atoms with E-state index >= 15 is 0 Å². The Kier molecular flexibility index (Phi) is 5.01. The molecule has 1 aliphatic carbocycles. The SMILES string of the molecule is CCSC1CCC(NC(=O)c2cccc(S)c2)C1. The van der Waals surface area contributed by atoms with E-state index in [9.17, 15) is 4.79 Å². The maximum Gasteiger partial charge on any atom is 0.251 e. The molecule has 1 N–H and O–H groups in total. The number of amides is 1. The number of thioether (sulfide) groups is 1. The zero-order chi connectivity index (χ0) is 13.0. The fourth-order valence-corrected chi connectivity index (χ4v) is 3.74. The Morgan fingerprint density at radius 2 is 2.33 bits per heavy atom. The second kappa shape index (κ2) is 6.53. The van der Waals surface area contributed by atoms with Crippen LogP contribution < -0.4 is 5.32 Å². The van der Waals surface area contributed by atoms with E-state index in [1.807, 2.05) is 36.0 Å². The van der Waals surface area contributed by atoms with Crippen LogP contribution in [0.15, 0.2) is 29.2 Å². The molecule has 0 bridgehead atoms. The van der Waals surface area contributed by atoms with Gasteiger partial charge < -0.3 is 5.32 Å². The molecule has 0 aliphatic heterocycles. The molecule has 0 saturated heterocycles. The molecule has 0 spiro atoms. The molecular weight excluding hydrogens is 262 g/mol. The number of nitrogens with one attached hydrogen (secondary N) is 1. The minimum atomic E-state index is 0.0260. The molecule has 2 rings (SSSR count). The van der Waals surface area contributed by atoms with Crippen LogP contribution >= 0.6 is 24.4 Å². The Bertz CT molecular complexity index is 422. The maximum atomic E-state index is 12.1. The lowest BCUT2D eigenvalue weighted by Crippen LogP contribution is -2.33. The van der Waals surface area contributed by atoms with Gasteiger partial charge in [-0.1, -0.05) is 13.0 Å². The van der Waals surface area contributed by atoms with Gasteiger partial charge in [0.25, 0.3) is 5.91 Å². The highest BCUT2D eigenvalue weighted by Gasteiger charge is 2.25. The topological polar surface area (TPSA) is 29.1 Å². The molecule has 2 atom stereocenters. The molecule has 1 aromatic carbocycles. The molecule has 2 nitrogen and oxygen atoms in total. The summed E-state index contributed by atoms with van der Waals surface area (Å²) in [5.41, 5.74) is 0.703. The van der Waals surface area contributed by atoms with E-state index < -0.39 is 0 Å². The molecule has 1 fully saturated rings. The highest BCUT2D eigenvalue weighted by Crippen LogP contribution is 2.29. The average Bonchev–Trinajstić information content (AvgIpc) is 2.77. The molecule has 1 aromatic rings. The van der Waals surface area contributed by atoms with Gasteiger partial charge in [0.2, 0.25) is 0 Å². The minimum absolute atomic E-state index is 0.0260. The number of rotatable bonds is 4. The number of hydrogen-bond donors (Lipinski definition) is 2. The van der Waals surface area contributed by atoms with Crippen molar-refractivity contribution < 1.29 is 4.79 Å². The lowest BCUT2D eigenvalue weighted by molar-refractivity contribution is 0.0938. The summed E-state index contributed by atoms with van der Waals surface area (Å²) in [5, 5.41) is 3.84. The molecule has 0 heterocycles. The van der Waals surface area contributed by atoms with Crippen molar-refractivity contribution in [3.8, 4) is 0 Å². The lowest BCUT2D eigenvalue weighted by Gasteiger charge is -2.13. The molecular formula is C14H19NOS2. The molecule has 18 heavy (non-hydrogen) atoms. The van der Waals surface area contributed by atoms with Gasteiger partial charge in [-0.3, -0.25) is 4.79 Å². The zero-order valence-corrected chi connectivity index (χ0v) is 12.3. The molecule has 4 heteroatoms. The summed E-state index contributed by atoms with van der Waals surface area (Å²) in [6.45, 7) is 2.19. The highest BCUT2D eigenvalue weighted by molar-refractivity contribution is 7.99. The molecule has 1 amide bonds. The standard InChI is InChI=1S/C14H19NOS2/c1-2-18-13-7-6-11(9-13)15-14(16)10-4-3-5-12(17)8-10/h3-5,8,11,13,17H,2,6-7,9H2,1H3,(H,15,16). The van der Waals surface area contributed by atoms with Crippen LogP contribution in [0.25, 0.3) is 0 Å². The predicted molar refractivity (Wildman–Crippen MR) is 80.7 cm³/mol. The van der Waals surface area contributed by atoms with Gasteiger partial charge in [-0.15, -0.1) is 12.6 Å². The second-order valence-corrected chi connectivity index (χ2v) is 6.70. The average molecular weight is 281 g/mol. The van der Waals surface area contributed by atoms with E-state index in [0.717, 1.165) is 28.7 Å². The summed E-state index contributed by atoms with van der Waals surface area (Å²) >= 11 is 6.26. The van der Waals surface area contributed by atoms with Crippen molar-refractivity contribution in [2.24, 2.45) is 0 Å². The van der Waals surface area contributed by atoms with Gasteiger partial charge in [-0.25, -0.2) is 0 Å². The van der Waals surface area contributed by atoms with E-state index in [1.54, 1.807) is 0 Å². The number of carbonyl (C=O) groups excluding carboxylic acids is 1. The van der Waals surface area contributed by atoms with Crippen molar-refractivity contribution in [1.29, 1.82) is 0 Å². The Morgan fingerprint density at radius 3 is 3.06 bits per heavy atom. The zero-order valence-electron chi connectivity index (χ0n) is 10.6. The Labute approximate surface area is 118 Å². The van der Waals surface area contributed by atoms with Crippen molar-refractivity contribution in [2.45, 2.75) is 42.4 Å². The van der Waals surface area contributed by atoms with Gasteiger partial charge in [0.1, 0.15) is 0 Å². The van der Waals surface area contributed by atoms with Crippen molar-refractivity contribution in [3.05, 3.63) is 29.8 Å². The normalized spacial score (nSPS) is 23.0. The van der Waals surface area contributed by atoms with Gasteiger partial charge >= 0.3 is 0 Å². The largest absolute Gasteiger partial charge is 0.349 e. The molecule has 0 radical (unpaired) electrons. The third-order valence-corrected chi connectivity index (χ3v) is 4.74. The van der Waals surface area contributed by atoms with Crippen molar-refractivity contribution in [3.63, 3.8) is 0 Å². The summed E-state index contributed by atoms with van der Waals surface area (Å²) in [6, 6.07) is 7.73. The first kappa shape index (κ1) is 13.8. The molecule has 0 aromatic heterocycles. The van der Waals surface area contributed by atoms with E-state index in [-0.39, 0.29) is 5.91 Å². The summed E-state index contributed by atoms with van der Waals surface area (Å²) in [5.74, 6) is 1.19. The third kappa shape index (κ3) is 3.69. The van der Waals surface area contributed by atoms with E-state index in [0.29, 0.717) is 11.6 Å². The first-order chi connectivity index (χ1) is 8.69. The quantitative estimate of drug-likeness (QED) is 0.829. The van der Waals surface area contributed by atoms with Gasteiger partial charge in [-0.05, 0) is 43.2 Å². The first-order valence-corrected chi connectivity index (χ1v) is 7.90. The van der Waals surface area contributed by atoms with Crippen LogP contribution in [0.1, 0.15) is 36.5 Å². The highest BCUT2D eigenvalue weighted by atomic mass is 32.2. The minimum Gasteiger partial charge on any atom is -0.349 e. The van der Waals surface area contributed by atoms with E-state index in [1.165, 1.54) is 6.42 Å². The van der Waals surface area contributed by atoms with Crippen LogP contribution in [0.4, 0.5) is 0 Å². The van der Waals surface area contributed by atoms with E-state index in [4.69, 9.17) is 0 Å². The smallest absolute Gasteiger partial charge is 0.251 e. The maximum absolute atomic E-state index is 12.1.